The number of benzene rings is 1. The molecule has 33 heavy (non-hydrogen) atoms. The SMILES string of the molecule is Cc1ccc2c(c1)C(C)C(C1CCCCC1)CC(c1ncc(CNC(C)C)cn1)=C2CC#N. The first-order valence-electron chi connectivity index (χ1n) is 12.7. The van der Waals surface area contributed by atoms with E-state index in [4.69, 9.17) is 9.97 Å². The maximum absolute atomic E-state index is 9.77. The summed E-state index contributed by atoms with van der Waals surface area (Å²) in [5.41, 5.74) is 7.34. The van der Waals surface area contributed by atoms with Crippen molar-refractivity contribution in [3.05, 3.63) is 58.7 Å². The van der Waals surface area contributed by atoms with Crippen molar-refractivity contribution in [2.24, 2.45) is 11.8 Å². The molecule has 0 saturated heterocycles. The number of rotatable bonds is 6. The van der Waals surface area contributed by atoms with Gasteiger partial charge in [0.05, 0.1) is 12.5 Å². The van der Waals surface area contributed by atoms with Gasteiger partial charge in [-0.3, -0.25) is 0 Å². The first-order valence-corrected chi connectivity index (χ1v) is 12.7. The molecule has 2 aliphatic carbocycles. The molecule has 2 unspecified atom stereocenters. The zero-order valence-electron chi connectivity index (χ0n) is 20.7. The Hall–Kier alpha value is -2.51. The summed E-state index contributed by atoms with van der Waals surface area (Å²) < 4.78 is 0. The van der Waals surface area contributed by atoms with E-state index in [2.05, 4.69) is 57.3 Å². The monoisotopic (exact) mass is 442 g/mol. The molecule has 174 valence electrons. The lowest BCUT2D eigenvalue weighted by Crippen LogP contribution is -2.23. The van der Waals surface area contributed by atoms with E-state index in [0.29, 0.717) is 24.3 Å². The Labute approximate surface area is 199 Å². The van der Waals surface area contributed by atoms with E-state index in [1.165, 1.54) is 54.4 Å². The zero-order chi connectivity index (χ0) is 23.4. The molecule has 1 aromatic carbocycles. The minimum Gasteiger partial charge on any atom is -0.310 e. The molecule has 0 aliphatic heterocycles. The Bertz CT molecular complexity index is 1020. The van der Waals surface area contributed by atoms with Gasteiger partial charge in [0.1, 0.15) is 0 Å². The number of nitrogens with zero attached hydrogens (tertiary/aromatic N) is 3. The summed E-state index contributed by atoms with van der Waals surface area (Å²) in [6, 6.07) is 9.65. The highest BCUT2D eigenvalue weighted by atomic mass is 14.9. The Balaban J connectivity index is 1.79. The summed E-state index contributed by atoms with van der Waals surface area (Å²) >= 11 is 0. The molecular formula is C29H38N4. The van der Waals surface area contributed by atoms with Crippen LogP contribution in [0, 0.1) is 30.1 Å². The fourth-order valence-electron chi connectivity index (χ4n) is 5.83. The van der Waals surface area contributed by atoms with Gasteiger partial charge in [-0.2, -0.15) is 5.26 Å². The Morgan fingerprint density at radius 2 is 1.85 bits per heavy atom. The van der Waals surface area contributed by atoms with Crippen molar-refractivity contribution in [2.75, 3.05) is 0 Å². The molecule has 1 heterocycles. The van der Waals surface area contributed by atoms with E-state index in [-0.39, 0.29) is 0 Å². The van der Waals surface area contributed by atoms with Crippen LogP contribution in [0.25, 0.3) is 11.1 Å². The van der Waals surface area contributed by atoms with E-state index in [1.807, 2.05) is 12.4 Å². The van der Waals surface area contributed by atoms with Crippen LogP contribution < -0.4 is 5.32 Å². The van der Waals surface area contributed by atoms with Crippen molar-refractivity contribution in [2.45, 2.75) is 91.1 Å². The van der Waals surface area contributed by atoms with Crippen LogP contribution in [-0.4, -0.2) is 16.0 Å². The average Bonchev–Trinajstić information content (AvgIpc) is 2.94. The van der Waals surface area contributed by atoms with Gasteiger partial charge in [0.15, 0.2) is 5.82 Å². The second-order valence-electron chi connectivity index (χ2n) is 10.4. The summed E-state index contributed by atoms with van der Waals surface area (Å²) in [7, 11) is 0. The van der Waals surface area contributed by atoms with Crippen LogP contribution in [-0.2, 0) is 6.54 Å². The molecule has 0 radical (unpaired) electrons. The topological polar surface area (TPSA) is 61.6 Å². The van der Waals surface area contributed by atoms with Crippen LogP contribution in [0.5, 0.6) is 0 Å². The molecule has 0 bridgehead atoms. The molecule has 2 aliphatic rings. The largest absolute Gasteiger partial charge is 0.310 e. The van der Waals surface area contributed by atoms with Gasteiger partial charge >= 0.3 is 0 Å². The van der Waals surface area contributed by atoms with Crippen LogP contribution in [0.1, 0.15) is 99.7 Å². The normalized spacial score (nSPS) is 21.6. The molecule has 1 saturated carbocycles. The van der Waals surface area contributed by atoms with E-state index >= 15 is 0 Å². The number of nitrogens with one attached hydrogen (secondary N) is 1. The van der Waals surface area contributed by atoms with Crippen molar-refractivity contribution in [1.29, 1.82) is 5.26 Å². The second-order valence-corrected chi connectivity index (χ2v) is 10.4. The predicted octanol–water partition coefficient (Wildman–Crippen LogP) is 6.81. The molecule has 2 atom stereocenters. The third-order valence-corrected chi connectivity index (χ3v) is 7.67. The van der Waals surface area contributed by atoms with Gasteiger partial charge in [-0.25, -0.2) is 9.97 Å². The van der Waals surface area contributed by atoms with E-state index in [9.17, 15) is 5.26 Å². The van der Waals surface area contributed by atoms with Crippen molar-refractivity contribution in [3.63, 3.8) is 0 Å². The quantitative estimate of drug-likeness (QED) is 0.534. The molecule has 1 N–H and O–H groups in total. The van der Waals surface area contributed by atoms with Crippen molar-refractivity contribution in [1.82, 2.24) is 15.3 Å². The zero-order valence-corrected chi connectivity index (χ0v) is 20.7. The van der Waals surface area contributed by atoms with Crippen molar-refractivity contribution in [3.8, 4) is 6.07 Å². The summed E-state index contributed by atoms with van der Waals surface area (Å²) in [6.07, 6.45) is 11.9. The van der Waals surface area contributed by atoms with Crippen molar-refractivity contribution >= 4 is 11.1 Å². The van der Waals surface area contributed by atoms with Gasteiger partial charge < -0.3 is 5.32 Å². The molecule has 4 heteroatoms. The van der Waals surface area contributed by atoms with E-state index < -0.39 is 0 Å². The average molecular weight is 443 g/mol. The fourth-order valence-corrected chi connectivity index (χ4v) is 5.83. The molecule has 0 spiro atoms. The number of aryl methyl sites for hydroxylation is 1. The molecule has 1 aromatic heterocycles. The number of nitriles is 1. The first kappa shape index (κ1) is 23.6. The Morgan fingerprint density at radius 3 is 2.52 bits per heavy atom. The Morgan fingerprint density at radius 1 is 1.12 bits per heavy atom. The van der Waals surface area contributed by atoms with Crippen LogP contribution >= 0.6 is 0 Å². The molecule has 2 aromatic rings. The number of aromatic nitrogens is 2. The predicted molar refractivity (Wildman–Crippen MR) is 135 cm³/mol. The summed E-state index contributed by atoms with van der Waals surface area (Å²) in [6.45, 7) is 9.64. The van der Waals surface area contributed by atoms with Gasteiger partial charge in [0.25, 0.3) is 0 Å². The standard InChI is InChI=1S/C29H38N4/c1-19(2)31-16-22-17-32-29(33-18-22)28-15-26(23-8-6-5-7-9-23)21(4)27-14-20(3)10-11-24(27)25(28)12-13-30/h10-11,14,17-19,21,23,26,31H,5-9,12,15-16H2,1-4H3. The summed E-state index contributed by atoms with van der Waals surface area (Å²) in [4.78, 5) is 9.66. The summed E-state index contributed by atoms with van der Waals surface area (Å²) in [5.74, 6) is 2.55. The maximum atomic E-state index is 9.77. The van der Waals surface area contributed by atoms with Gasteiger partial charge in [-0.1, -0.05) is 76.6 Å². The number of hydrogen-bond donors (Lipinski definition) is 1. The van der Waals surface area contributed by atoms with Crippen LogP contribution in [0.15, 0.2) is 30.6 Å². The smallest absolute Gasteiger partial charge is 0.155 e. The van der Waals surface area contributed by atoms with Crippen LogP contribution in [0.3, 0.4) is 0 Å². The van der Waals surface area contributed by atoms with Gasteiger partial charge in [-0.15, -0.1) is 0 Å². The van der Waals surface area contributed by atoms with Gasteiger partial charge in [-0.05, 0) is 47.8 Å². The van der Waals surface area contributed by atoms with Gasteiger partial charge in [0.2, 0.25) is 0 Å². The Kier molecular flexibility index (Phi) is 7.60. The highest BCUT2D eigenvalue weighted by Gasteiger charge is 2.35. The lowest BCUT2D eigenvalue weighted by Gasteiger charge is -2.34. The summed E-state index contributed by atoms with van der Waals surface area (Å²) in [5, 5.41) is 13.2. The molecule has 0 amide bonds. The minimum absolute atomic E-state index is 0.398. The van der Waals surface area contributed by atoms with Crippen LogP contribution in [0.2, 0.25) is 0 Å². The molecule has 4 nitrogen and oxygen atoms in total. The number of allylic oxidation sites excluding steroid dienone is 2. The lowest BCUT2D eigenvalue weighted by atomic mass is 9.70. The molecular weight excluding hydrogens is 404 g/mol. The van der Waals surface area contributed by atoms with Crippen molar-refractivity contribution < 1.29 is 0 Å². The second kappa shape index (κ2) is 10.6. The molecule has 1 fully saturated rings. The number of fused-ring (bicyclic) bond motifs is 1. The first-order chi connectivity index (χ1) is 16.0. The van der Waals surface area contributed by atoms with E-state index in [1.54, 1.807) is 0 Å². The molecule has 4 rings (SSSR count). The highest BCUT2D eigenvalue weighted by molar-refractivity contribution is 5.91. The highest BCUT2D eigenvalue weighted by Crippen LogP contribution is 2.49. The third-order valence-electron chi connectivity index (χ3n) is 7.67. The minimum atomic E-state index is 0.398. The van der Waals surface area contributed by atoms with E-state index in [0.717, 1.165) is 35.8 Å². The van der Waals surface area contributed by atoms with Gasteiger partial charge in [0, 0.05) is 36.1 Å². The van der Waals surface area contributed by atoms with Crippen LogP contribution in [0.4, 0.5) is 0 Å². The fraction of sp³-hybridized carbons (Fsp3) is 0.552. The lowest BCUT2D eigenvalue weighted by molar-refractivity contribution is 0.225. The maximum Gasteiger partial charge on any atom is 0.155 e. The number of hydrogen-bond acceptors (Lipinski definition) is 4. The third kappa shape index (κ3) is 5.36.